The molecule has 1 heterocycles. The molecule has 19 heavy (non-hydrogen) atoms. The highest BCUT2D eigenvalue weighted by atomic mass is 16.5. The van der Waals surface area contributed by atoms with Gasteiger partial charge in [0.1, 0.15) is 0 Å². The van der Waals surface area contributed by atoms with Crippen molar-refractivity contribution in [2.75, 3.05) is 39.8 Å². The molecule has 1 aromatic carbocycles. The third-order valence-corrected chi connectivity index (χ3v) is 3.59. The Hall–Kier alpha value is -1.39. The van der Waals surface area contributed by atoms with E-state index in [-0.39, 0.29) is 5.91 Å². The van der Waals surface area contributed by atoms with E-state index in [0.717, 1.165) is 43.9 Å². The van der Waals surface area contributed by atoms with Gasteiger partial charge in [-0.2, -0.15) is 0 Å². The van der Waals surface area contributed by atoms with E-state index in [1.54, 1.807) is 7.11 Å². The first-order valence-corrected chi connectivity index (χ1v) is 6.84. The Kier molecular flexibility index (Phi) is 4.93. The summed E-state index contributed by atoms with van der Waals surface area (Å²) in [6.45, 7) is 7.35. The molecule has 1 saturated heterocycles. The topological polar surface area (TPSA) is 32.8 Å². The predicted molar refractivity (Wildman–Crippen MR) is 75.2 cm³/mol. The Labute approximate surface area is 115 Å². The van der Waals surface area contributed by atoms with Gasteiger partial charge in [0.2, 0.25) is 0 Å². The average molecular weight is 262 g/mol. The number of hydrogen-bond acceptors (Lipinski definition) is 3. The molecule has 0 radical (unpaired) electrons. The lowest BCUT2D eigenvalue weighted by molar-refractivity contribution is 0.0643. The molecular weight excluding hydrogens is 240 g/mol. The molecule has 1 aliphatic rings. The van der Waals surface area contributed by atoms with Crippen LogP contribution in [0.2, 0.25) is 0 Å². The van der Waals surface area contributed by atoms with Crippen molar-refractivity contribution in [2.24, 2.45) is 0 Å². The highest BCUT2D eigenvalue weighted by Gasteiger charge is 2.21. The van der Waals surface area contributed by atoms with Crippen molar-refractivity contribution in [3.63, 3.8) is 0 Å². The second-order valence-electron chi connectivity index (χ2n) is 4.86. The summed E-state index contributed by atoms with van der Waals surface area (Å²) < 4.78 is 5.11. The molecule has 0 aromatic heterocycles. The SMILES string of the molecule is CCN1CCN(C(=O)c2cccc(COC)c2)CC1. The lowest BCUT2D eigenvalue weighted by atomic mass is 10.1. The number of carbonyl (C=O) groups is 1. The number of rotatable bonds is 4. The zero-order chi connectivity index (χ0) is 13.7. The molecule has 0 saturated carbocycles. The first-order valence-electron chi connectivity index (χ1n) is 6.84. The lowest BCUT2D eigenvalue weighted by Gasteiger charge is -2.34. The zero-order valence-electron chi connectivity index (χ0n) is 11.8. The van der Waals surface area contributed by atoms with Crippen LogP contribution in [-0.4, -0.2) is 55.5 Å². The van der Waals surface area contributed by atoms with Crippen molar-refractivity contribution in [2.45, 2.75) is 13.5 Å². The minimum absolute atomic E-state index is 0.133. The van der Waals surface area contributed by atoms with Crippen molar-refractivity contribution >= 4 is 5.91 Å². The summed E-state index contributed by atoms with van der Waals surface area (Å²) in [5.41, 5.74) is 1.81. The van der Waals surface area contributed by atoms with E-state index >= 15 is 0 Å². The van der Waals surface area contributed by atoms with E-state index < -0.39 is 0 Å². The maximum atomic E-state index is 12.4. The van der Waals surface area contributed by atoms with Crippen LogP contribution in [0.15, 0.2) is 24.3 Å². The van der Waals surface area contributed by atoms with Crippen molar-refractivity contribution in [3.05, 3.63) is 35.4 Å². The predicted octanol–water partition coefficient (Wildman–Crippen LogP) is 1.61. The molecule has 0 atom stereocenters. The number of methoxy groups -OCH3 is 1. The molecule has 0 unspecified atom stereocenters. The molecule has 0 spiro atoms. The molecule has 0 aliphatic carbocycles. The van der Waals surface area contributed by atoms with Crippen LogP contribution in [-0.2, 0) is 11.3 Å². The van der Waals surface area contributed by atoms with E-state index in [0.29, 0.717) is 6.61 Å². The van der Waals surface area contributed by atoms with Crippen molar-refractivity contribution < 1.29 is 9.53 Å². The van der Waals surface area contributed by atoms with Gasteiger partial charge in [-0.3, -0.25) is 4.79 Å². The number of hydrogen-bond donors (Lipinski definition) is 0. The Morgan fingerprint density at radius 1 is 1.26 bits per heavy atom. The molecule has 0 N–H and O–H groups in total. The second-order valence-corrected chi connectivity index (χ2v) is 4.86. The smallest absolute Gasteiger partial charge is 0.253 e. The van der Waals surface area contributed by atoms with E-state index in [1.807, 2.05) is 29.2 Å². The summed E-state index contributed by atoms with van der Waals surface area (Å²) in [5.74, 6) is 0.133. The van der Waals surface area contributed by atoms with Gasteiger partial charge in [0.15, 0.2) is 0 Å². The van der Waals surface area contributed by atoms with Gasteiger partial charge < -0.3 is 14.5 Å². The van der Waals surface area contributed by atoms with E-state index in [2.05, 4.69) is 11.8 Å². The average Bonchev–Trinajstić information content (AvgIpc) is 2.47. The molecule has 1 fully saturated rings. The van der Waals surface area contributed by atoms with Crippen molar-refractivity contribution in [3.8, 4) is 0 Å². The lowest BCUT2D eigenvalue weighted by Crippen LogP contribution is -2.48. The van der Waals surface area contributed by atoms with Gasteiger partial charge in [0.05, 0.1) is 6.61 Å². The molecule has 1 aromatic rings. The highest BCUT2D eigenvalue weighted by Crippen LogP contribution is 2.11. The fraction of sp³-hybridized carbons (Fsp3) is 0.533. The van der Waals surface area contributed by atoms with Gasteiger partial charge in [0.25, 0.3) is 5.91 Å². The third kappa shape index (κ3) is 3.55. The summed E-state index contributed by atoms with van der Waals surface area (Å²) in [4.78, 5) is 16.7. The van der Waals surface area contributed by atoms with Crippen LogP contribution >= 0.6 is 0 Å². The molecule has 4 nitrogen and oxygen atoms in total. The molecule has 4 heteroatoms. The van der Waals surface area contributed by atoms with E-state index in [9.17, 15) is 4.79 Å². The number of benzene rings is 1. The Morgan fingerprint density at radius 2 is 2.00 bits per heavy atom. The Balaban J connectivity index is 2.01. The standard InChI is InChI=1S/C15H22N2O2/c1-3-16-7-9-17(10-8-16)15(18)14-6-4-5-13(11-14)12-19-2/h4-6,11H,3,7-10,12H2,1-2H3. The van der Waals surface area contributed by atoms with Gasteiger partial charge in [-0.15, -0.1) is 0 Å². The Bertz CT molecular complexity index is 426. The maximum Gasteiger partial charge on any atom is 0.253 e. The normalized spacial score (nSPS) is 16.6. The monoisotopic (exact) mass is 262 g/mol. The Morgan fingerprint density at radius 3 is 2.63 bits per heavy atom. The summed E-state index contributed by atoms with van der Waals surface area (Å²) >= 11 is 0. The fourth-order valence-corrected chi connectivity index (χ4v) is 2.41. The highest BCUT2D eigenvalue weighted by molar-refractivity contribution is 5.94. The van der Waals surface area contributed by atoms with Gasteiger partial charge >= 0.3 is 0 Å². The van der Waals surface area contributed by atoms with Crippen LogP contribution in [0.3, 0.4) is 0 Å². The molecular formula is C15H22N2O2. The summed E-state index contributed by atoms with van der Waals surface area (Å²) in [5, 5.41) is 0. The van der Waals surface area contributed by atoms with E-state index in [1.165, 1.54) is 0 Å². The number of piperazine rings is 1. The number of nitrogens with zero attached hydrogens (tertiary/aromatic N) is 2. The van der Waals surface area contributed by atoms with Crippen LogP contribution in [0.4, 0.5) is 0 Å². The largest absolute Gasteiger partial charge is 0.380 e. The van der Waals surface area contributed by atoms with Crippen LogP contribution in [0.25, 0.3) is 0 Å². The quantitative estimate of drug-likeness (QED) is 0.826. The van der Waals surface area contributed by atoms with E-state index in [4.69, 9.17) is 4.74 Å². The fourth-order valence-electron chi connectivity index (χ4n) is 2.41. The second kappa shape index (κ2) is 6.68. The molecule has 1 aliphatic heterocycles. The number of ether oxygens (including phenoxy) is 1. The van der Waals surface area contributed by atoms with Crippen molar-refractivity contribution in [1.82, 2.24) is 9.80 Å². The summed E-state index contributed by atoms with van der Waals surface area (Å²) in [6, 6.07) is 7.71. The molecule has 2 rings (SSSR count). The number of amides is 1. The van der Waals surface area contributed by atoms with Gasteiger partial charge in [-0.25, -0.2) is 0 Å². The number of carbonyl (C=O) groups excluding carboxylic acids is 1. The molecule has 104 valence electrons. The molecule has 1 amide bonds. The zero-order valence-corrected chi connectivity index (χ0v) is 11.8. The maximum absolute atomic E-state index is 12.4. The summed E-state index contributed by atoms with van der Waals surface area (Å²) in [7, 11) is 1.67. The van der Waals surface area contributed by atoms with Crippen molar-refractivity contribution in [1.29, 1.82) is 0 Å². The van der Waals surface area contributed by atoms with Crippen LogP contribution < -0.4 is 0 Å². The van der Waals surface area contributed by atoms with Gasteiger partial charge in [-0.05, 0) is 24.2 Å². The number of likely N-dealkylation sites (N-methyl/N-ethyl adjacent to an activating group) is 1. The first kappa shape index (κ1) is 14.0. The molecule has 0 bridgehead atoms. The minimum Gasteiger partial charge on any atom is -0.380 e. The van der Waals surface area contributed by atoms with Crippen LogP contribution in [0, 0.1) is 0 Å². The first-order chi connectivity index (χ1) is 9.24. The minimum atomic E-state index is 0.133. The van der Waals surface area contributed by atoms with Gasteiger partial charge in [0, 0.05) is 38.9 Å². The summed E-state index contributed by atoms with van der Waals surface area (Å²) in [6.07, 6.45) is 0. The third-order valence-electron chi connectivity index (χ3n) is 3.59. The van der Waals surface area contributed by atoms with Crippen LogP contribution in [0.5, 0.6) is 0 Å². The van der Waals surface area contributed by atoms with Gasteiger partial charge in [-0.1, -0.05) is 19.1 Å². The van der Waals surface area contributed by atoms with Crippen LogP contribution in [0.1, 0.15) is 22.8 Å².